The lowest BCUT2D eigenvalue weighted by molar-refractivity contribution is -0.152. The predicted molar refractivity (Wildman–Crippen MR) is 149 cm³/mol. The zero-order chi connectivity index (χ0) is 27.9. The van der Waals surface area contributed by atoms with Crippen LogP contribution in [-0.4, -0.2) is 59.9 Å². The number of carboxylic acids is 1. The fraction of sp³-hybridized carbons (Fsp3) is 0.500. The van der Waals surface area contributed by atoms with Crippen molar-refractivity contribution < 1.29 is 28.9 Å². The Morgan fingerprint density at radius 1 is 1.08 bits per heavy atom. The number of nitrogens with one attached hydrogen (secondary N) is 1. The molecule has 3 rings (SSSR count). The van der Waals surface area contributed by atoms with Crippen molar-refractivity contribution in [3.63, 3.8) is 0 Å². The number of hydrogen-bond acceptors (Lipinski definition) is 6. The molecule has 0 atom stereocenters. The molecule has 0 radical (unpaired) electrons. The van der Waals surface area contributed by atoms with Crippen molar-refractivity contribution in [2.24, 2.45) is 0 Å². The molecule has 2 N–H and O–H groups in total. The van der Waals surface area contributed by atoms with E-state index in [1.54, 1.807) is 24.3 Å². The molecule has 2 aromatic carbocycles. The first-order chi connectivity index (χ1) is 18.0. The zero-order valence-electron chi connectivity index (χ0n) is 22.3. The molecular formula is C28H36Cl2N2O6. The summed E-state index contributed by atoms with van der Waals surface area (Å²) in [6, 6.07) is 10.5. The first-order valence-corrected chi connectivity index (χ1v) is 13.5. The number of halogens is 2. The molecule has 1 aliphatic carbocycles. The van der Waals surface area contributed by atoms with Crippen LogP contribution in [0.1, 0.15) is 52.0 Å². The first kappa shape index (κ1) is 30.0. The molecule has 10 heteroatoms. The van der Waals surface area contributed by atoms with Crippen molar-refractivity contribution in [3.8, 4) is 11.5 Å². The van der Waals surface area contributed by atoms with Gasteiger partial charge in [0.25, 0.3) is 0 Å². The number of rotatable bonds is 12. The van der Waals surface area contributed by atoms with Gasteiger partial charge >= 0.3 is 5.97 Å². The second kappa shape index (κ2) is 13.5. The minimum atomic E-state index is -1.42. The van der Waals surface area contributed by atoms with Crippen molar-refractivity contribution in [2.45, 2.75) is 70.7 Å². The highest BCUT2D eigenvalue weighted by atomic mass is 35.5. The maximum absolute atomic E-state index is 13.1. The smallest absolute Gasteiger partial charge is 0.347 e. The third kappa shape index (κ3) is 8.24. The number of ether oxygens (including phenoxy) is 3. The molecule has 1 aliphatic rings. The highest BCUT2D eigenvalue weighted by Crippen LogP contribution is 2.33. The number of carbonyl (C=O) groups is 2. The molecule has 0 heterocycles. The van der Waals surface area contributed by atoms with Crippen LogP contribution in [0.5, 0.6) is 11.5 Å². The molecule has 38 heavy (non-hydrogen) atoms. The Morgan fingerprint density at radius 3 is 2.39 bits per heavy atom. The van der Waals surface area contributed by atoms with Crippen molar-refractivity contribution >= 4 is 40.8 Å². The topological polar surface area (TPSA) is 97.3 Å². The average Bonchev–Trinajstić information content (AvgIpc) is 2.86. The highest BCUT2D eigenvalue weighted by molar-refractivity contribution is 6.36. The maximum atomic E-state index is 13.1. The summed E-state index contributed by atoms with van der Waals surface area (Å²) in [5, 5.41) is 13.2. The van der Waals surface area contributed by atoms with E-state index in [0.29, 0.717) is 40.4 Å². The largest absolute Gasteiger partial charge is 0.493 e. The molecule has 0 saturated heterocycles. The van der Waals surface area contributed by atoms with Crippen LogP contribution in [0.4, 0.5) is 5.69 Å². The van der Waals surface area contributed by atoms with Crippen molar-refractivity contribution in [1.82, 2.24) is 4.90 Å². The molecule has 208 valence electrons. The van der Waals surface area contributed by atoms with Gasteiger partial charge in [-0.3, -0.25) is 9.69 Å². The fourth-order valence-electron chi connectivity index (χ4n) is 4.54. The number of methoxy groups -OCH3 is 1. The minimum Gasteiger partial charge on any atom is -0.493 e. The molecule has 1 fully saturated rings. The normalized spacial score (nSPS) is 17.8. The third-order valence-electron chi connectivity index (χ3n) is 6.61. The van der Waals surface area contributed by atoms with Crippen molar-refractivity contribution in [2.75, 3.05) is 25.6 Å². The number of carbonyl (C=O) groups excluding carboxylic acids is 1. The third-order valence-corrected chi connectivity index (χ3v) is 7.16. The van der Waals surface area contributed by atoms with Gasteiger partial charge in [-0.2, -0.15) is 0 Å². The molecule has 1 saturated carbocycles. The van der Waals surface area contributed by atoms with E-state index < -0.39 is 11.6 Å². The summed E-state index contributed by atoms with van der Waals surface area (Å²) in [7, 11) is 1.51. The molecule has 1 amide bonds. The average molecular weight is 568 g/mol. The van der Waals surface area contributed by atoms with Crippen molar-refractivity contribution in [1.29, 1.82) is 0 Å². The van der Waals surface area contributed by atoms with Crippen LogP contribution < -0.4 is 14.8 Å². The van der Waals surface area contributed by atoms with Crippen LogP contribution in [0.15, 0.2) is 36.4 Å². The maximum Gasteiger partial charge on any atom is 0.347 e. The van der Waals surface area contributed by atoms with Crippen molar-refractivity contribution in [3.05, 3.63) is 52.0 Å². The Bertz CT molecular complexity index is 1120. The Kier molecular flexibility index (Phi) is 10.7. The fourth-order valence-corrected chi connectivity index (χ4v) is 5.00. The number of anilines is 1. The molecule has 0 spiro atoms. The number of benzene rings is 2. The lowest BCUT2D eigenvalue weighted by atomic mass is 9.91. The Balaban J connectivity index is 1.78. The van der Waals surface area contributed by atoms with E-state index in [2.05, 4.69) is 10.2 Å². The molecule has 2 aromatic rings. The minimum absolute atomic E-state index is 0.162. The molecule has 8 nitrogen and oxygen atoms in total. The van der Waals surface area contributed by atoms with Gasteiger partial charge in [0.1, 0.15) is 0 Å². The number of carboxylic acid groups (broad SMARTS) is 1. The van der Waals surface area contributed by atoms with Gasteiger partial charge in [0.15, 0.2) is 17.1 Å². The number of nitrogens with zero attached hydrogens (tertiary/aromatic N) is 1. The molecular weight excluding hydrogens is 531 g/mol. The number of aliphatic carboxylic acids is 1. The van der Waals surface area contributed by atoms with Gasteiger partial charge < -0.3 is 24.6 Å². The van der Waals surface area contributed by atoms with E-state index in [1.165, 1.54) is 21.0 Å². The molecule has 0 bridgehead atoms. The van der Waals surface area contributed by atoms with Gasteiger partial charge in [0, 0.05) is 24.2 Å². The summed E-state index contributed by atoms with van der Waals surface area (Å²) in [6.45, 7) is 6.31. The Hall–Kier alpha value is -2.52. The van der Waals surface area contributed by atoms with Crippen LogP contribution in [0.2, 0.25) is 10.0 Å². The van der Waals surface area contributed by atoms with Crippen LogP contribution in [0.3, 0.4) is 0 Å². The first-order valence-electron chi connectivity index (χ1n) is 12.7. The summed E-state index contributed by atoms with van der Waals surface area (Å²) in [5.74, 6) is -0.502. The SMILES string of the molecule is CCOC1CCC(N(CC(=O)Nc2ccc(Cl)cc2Cl)Cc2ccc(OC(C)(C)C(=O)O)c(OC)c2)CC1. The van der Waals surface area contributed by atoms with E-state index >= 15 is 0 Å². The quantitative estimate of drug-likeness (QED) is 0.323. The standard InChI is InChI=1S/C28H36Cl2N2O6/c1-5-37-21-10-8-20(9-11-21)32(17-26(33)31-23-12-7-19(29)15-22(23)30)16-18-6-13-24(25(14-18)36-4)38-28(2,3)27(34)35/h6-7,12-15,20-21H,5,8-11,16-17H2,1-4H3,(H,31,33)(H,34,35). The summed E-state index contributed by atoms with van der Waals surface area (Å²) in [5.41, 5.74) is -0.00184. The number of amides is 1. The van der Waals surface area contributed by atoms with Gasteiger partial charge in [-0.15, -0.1) is 0 Å². The van der Waals surface area contributed by atoms with Gasteiger partial charge in [-0.05, 0) is 82.3 Å². The van der Waals surface area contributed by atoms with Gasteiger partial charge in [-0.1, -0.05) is 29.3 Å². The Labute approximate surface area is 234 Å². The van der Waals surface area contributed by atoms with Crippen LogP contribution in [0, 0.1) is 0 Å². The molecule has 0 aromatic heterocycles. The second-order valence-corrected chi connectivity index (χ2v) is 10.7. The summed E-state index contributed by atoms with van der Waals surface area (Å²) < 4.78 is 17.0. The van der Waals surface area contributed by atoms with Crippen LogP contribution in [0.25, 0.3) is 0 Å². The lowest BCUT2D eigenvalue weighted by Crippen LogP contribution is -2.43. The summed E-state index contributed by atoms with van der Waals surface area (Å²) in [6.07, 6.45) is 3.92. The van der Waals surface area contributed by atoms with E-state index in [4.69, 9.17) is 37.4 Å². The lowest BCUT2D eigenvalue weighted by Gasteiger charge is -2.36. The Morgan fingerprint density at radius 2 is 1.79 bits per heavy atom. The highest BCUT2D eigenvalue weighted by Gasteiger charge is 2.31. The monoisotopic (exact) mass is 566 g/mol. The van der Waals surface area contributed by atoms with Crippen LogP contribution >= 0.6 is 23.2 Å². The summed E-state index contributed by atoms with van der Waals surface area (Å²) in [4.78, 5) is 26.8. The molecule has 0 aliphatic heterocycles. The van der Waals surface area contributed by atoms with Gasteiger partial charge in [0.05, 0.1) is 30.5 Å². The molecule has 0 unspecified atom stereocenters. The zero-order valence-corrected chi connectivity index (χ0v) is 23.8. The van der Waals surface area contributed by atoms with E-state index in [1.807, 2.05) is 19.1 Å². The van der Waals surface area contributed by atoms with Crippen LogP contribution in [-0.2, 0) is 20.9 Å². The predicted octanol–water partition coefficient (Wildman–Crippen LogP) is 6.03. The van der Waals surface area contributed by atoms with Gasteiger partial charge in [-0.25, -0.2) is 4.79 Å². The second-order valence-electron chi connectivity index (χ2n) is 9.87. The van der Waals surface area contributed by atoms with E-state index in [0.717, 1.165) is 31.2 Å². The van der Waals surface area contributed by atoms with E-state index in [9.17, 15) is 14.7 Å². The number of hydrogen-bond donors (Lipinski definition) is 2. The summed E-state index contributed by atoms with van der Waals surface area (Å²) >= 11 is 12.2. The van der Waals surface area contributed by atoms with E-state index in [-0.39, 0.29) is 24.6 Å². The van der Waals surface area contributed by atoms with Gasteiger partial charge in [0.2, 0.25) is 5.91 Å².